The third kappa shape index (κ3) is 3.18. The summed E-state index contributed by atoms with van der Waals surface area (Å²) in [5.41, 5.74) is 3.61. The molecule has 3 N–H and O–H groups in total. The van der Waals surface area contributed by atoms with E-state index in [1.54, 1.807) is 16.2 Å². The molecule has 1 saturated heterocycles. The summed E-state index contributed by atoms with van der Waals surface area (Å²) in [4.78, 5) is 43.9. The van der Waals surface area contributed by atoms with Crippen LogP contribution in [-0.4, -0.2) is 33.6 Å². The summed E-state index contributed by atoms with van der Waals surface area (Å²) in [6, 6.07) is 5.19. The molecule has 3 aliphatic heterocycles. The van der Waals surface area contributed by atoms with Gasteiger partial charge in [0.2, 0.25) is 11.8 Å². The molecule has 0 saturated carbocycles. The Hall–Kier alpha value is -2.78. The number of aromatic nitrogens is 1. The normalized spacial score (nSPS) is 22.1. The molecule has 156 valence electrons. The third-order valence-electron chi connectivity index (χ3n) is 6.01. The lowest BCUT2D eigenvalue weighted by molar-refractivity contribution is -0.136. The van der Waals surface area contributed by atoms with E-state index in [0.29, 0.717) is 25.1 Å². The van der Waals surface area contributed by atoms with Gasteiger partial charge in [-0.2, -0.15) is 0 Å². The zero-order valence-electron chi connectivity index (χ0n) is 16.9. The first-order valence-electron chi connectivity index (χ1n) is 10.1. The molecule has 1 atom stereocenters. The molecular weight excluding hydrogens is 402 g/mol. The monoisotopic (exact) mass is 425 g/mol. The van der Waals surface area contributed by atoms with Gasteiger partial charge in [-0.15, -0.1) is 11.3 Å². The second-order valence-electron chi connectivity index (χ2n) is 8.51. The van der Waals surface area contributed by atoms with Crippen molar-refractivity contribution < 1.29 is 14.4 Å². The molecular formula is C21H23N5O3S. The molecule has 1 unspecified atom stereocenters. The Labute approximate surface area is 178 Å². The van der Waals surface area contributed by atoms with Crippen molar-refractivity contribution in [2.75, 3.05) is 5.32 Å². The summed E-state index contributed by atoms with van der Waals surface area (Å²) in [5, 5.41) is 10.1. The van der Waals surface area contributed by atoms with Crippen molar-refractivity contribution in [2.24, 2.45) is 0 Å². The maximum absolute atomic E-state index is 12.8. The predicted octanol–water partition coefficient (Wildman–Crippen LogP) is 1.85. The van der Waals surface area contributed by atoms with Crippen molar-refractivity contribution in [3.63, 3.8) is 0 Å². The van der Waals surface area contributed by atoms with Crippen LogP contribution >= 0.6 is 11.3 Å². The second kappa shape index (κ2) is 6.88. The number of benzene rings is 1. The Balaban J connectivity index is 1.28. The number of rotatable bonds is 4. The predicted molar refractivity (Wildman–Crippen MR) is 112 cm³/mol. The molecule has 1 aromatic heterocycles. The van der Waals surface area contributed by atoms with Crippen LogP contribution in [0.1, 0.15) is 58.7 Å². The van der Waals surface area contributed by atoms with Crippen molar-refractivity contribution >= 4 is 34.2 Å². The standard InChI is InChI=1S/C21H23N5O3S/c1-21(2)17-15(9-23-21)30-20(25-17)22-8-11-3-4-13-12(7-11)10-26(19(13)29)14-5-6-16(27)24-18(14)28/h3-4,7,14,23H,5-6,8-10H2,1-2H3,(H,22,25)(H,24,27,28). The number of thiazole rings is 1. The lowest BCUT2D eigenvalue weighted by Gasteiger charge is -2.29. The number of imide groups is 1. The van der Waals surface area contributed by atoms with Crippen LogP contribution in [-0.2, 0) is 34.8 Å². The molecule has 4 heterocycles. The summed E-state index contributed by atoms with van der Waals surface area (Å²) < 4.78 is 0. The van der Waals surface area contributed by atoms with Gasteiger partial charge in [0.15, 0.2) is 5.13 Å². The van der Waals surface area contributed by atoms with Crippen LogP contribution in [0.3, 0.4) is 0 Å². The van der Waals surface area contributed by atoms with Crippen LogP contribution in [0.25, 0.3) is 0 Å². The highest BCUT2D eigenvalue weighted by Crippen LogP contribution is 2.36. The van der Waals surface area contributed by atoms with E-state index in [4.69, 9.17) is 4.98 Å². The maximum Gasteiger partial charge on any atom is 0.255 e. The average molecular weight is 426 g/mol. The smallest absolute Gasteiger partial charge is 0.255 e. The first kappa shape index (κ1) is 19.2. The molecule has 1 aromatic carbocycles. The first-order chi connectivity index (χ1) is 14.3. The summed E-state index contributed by atoms with van der Waals surface area (Å²) in [6.45, 7) is 6.11. The highest BCUT2D eigenvalue weighted by molar-refractivity contribution is 7.15. The van der Waals surface area contributed by atoms with Crippen molar-refractivity contribution in [3.8, 4) is 0 Å². The Morgan fingerprint density at radius 1 is 1.30 bits per heavy atom. The molecule has 3 aliphatic rings. The Morgan fingerprint density at radius 2 is 2.13 bits per heavy atom. The number of carbonyl (C=O) groups excluding carboxylic acids is 3. The highest BCUT2D eigenvalue weighted by Gasteiger charge is 2.39. The number of piperidine rings is 1. The second-order valence-corrected chi connectivity index (χ2v) is 9.60. The molecule has 8 nitrogen and oxygen atoms in total. The van der Waals surface area contributed by atoms with Gasteiger partial charge in [0, 0.05) is 36.5 Å². The van der Waals surface area contributed by atoms with E-state index in [9.17, 15) is 14.4 Å². The third-order valence-corrected chi connectivity index (χ3v) is 7.02. The zero-order valence-corrected chi connectivity index (χ0v) is 17.7. The Bertz CT molecular complexity index is 1080. The van der Waals surface area contributed by atoms with E-state index in [0.717, 1.165) is 28.5 Å². The zero-order chi connectivity index (χ0) is 21.0. The molecule has 30 heavy (non-hydrogen) atoms. The van der Waals surface area contributed by atoms with E-state index in [-0.39, 0.29) is 29.7 Å². The average Bonchev–Trinajstić information content (AvgIpc) is 3.34. The molecule has 3 amide bonds. The van der Waals surface area contributed by atoms with Gasteiger partial charge in [-0.25, -0.2) is 4.98 Å². The highest BCUT2D eigenvalue weighted by atomic mass is 32.1. The van der Waals surface area contributed by atoms with Gasteiger partial charge >= 0.3 is 0 Å². The van der Waals surface area contributed by atoms with Gasteiger partial charge in [0.05, 0.1) is 11.2 Å². The topological polar surface area (TPSA) is 103 Å². The van der Waals surface area contributed by atoms with E-state index >= 15 is 0 Å². The van der Waals surface area contributed by atoms with Crippen molar-refractivity contribution in [1.29, 1.82) is 0 Å². The van der Waals surface area contributed by atoms with E-state index in [2.05, 4.69) is 29.8 Å². The van der Waals surface area contributed by atoms with Gasteiger partial charge in [-0.05, 0) is 37.5 Å². The number of hydrogen-bond donors (Lipinski definition) is 3. The molecule has 0 radical (unpaired) electrons. The SMILES string of the molecule is CC1(C)NCc2sc(NCc3ccc4c(c3)CN(C3CCC(=O)NC3=O)C4=O)nc21. The number of nitrogens with one attached hydrogen (secondary N) is 3. The molecule has 2 aromatic rings. The molecule has 1 fully saturated rings. The minimum Gasteiger partial charge on any atom is -0.357 e. The lowest BCUT2D eigenvalue weighted by atomic mass is 10.0. The summed E-state index contributed by atoms with van der Waals surface area (Å²) in [5.74, 6) is -0.810. The number of amides is 3. The van der Waals surface area contributed by atoms with E-state index in [1.807, 2.05) is 18.2 Å². The van der Waals surface area contributed by atoms with Crippen LogP contribution in [0, 0.1) is 0 Å². The fourth-order valence-corrected chi connectivity index (χ4v) is 5.39. The largest absolute Gasteiger partial charge is 0.357 e. The molecule has 9 heteroatoms. The maximum atomic E-state index is 12.8. The number of anilines is 1. The number of hydrogen-bond acceptors (Lipinski definition) is 7. The van der Waals surface area contributed by atoms with Gasteiger partial charge in [0.1, 0.15) is 6.04 Å². The number of carbonyl (C=O) groups is 3. The van der Waals surface area contributed by atoms with Gasteiger partial charge < -0.3 is 15.5 Å². The van der Waals surface area contributed by atoms with Crippen molar-refractivity contribution in [1.82, 2.24) is 20.5 Å². The van der Waals surface area contributed by atoms with Crippen LogP contribution in [0.5, 0.6) is 0 Å². The number of nitrogens with zero attached hydrogens (tertiary/aromatic N) is 2. The summed E-state index contributed by atoms with van der Waals surface area (Å²) in [6.07, 6.45) is 0.633. The van der Waals surface area contributed by atoms with Crippen LogP contribution < -0.4 is 16.0 Å². The lowest BCUT2D eigenvalue weighted by Crippen LogP contribution is -2.52. The van der Waals surface area contributed by atoms with Crippen molar-refractivity contribution in [3.05, 3.63) is 45.5 Å². The fraction of sp³-hybridized carbons (Fsp3) is 0.429. The van der Waals surface area contributed by atoms with Gasteiger partial charge in [-0.1, -0.05) is 12.1 Å². The Morgan fingerprint density at radius 3 is 2.90 bits per heavy atom. The molecule has 0 spiro atoms. The summed E-state index contributed by atoms with van der Waals surface area (Å²) >= 11 is 1.67. The van der Waals surface area contributed by atoms with Crippen LogP contribution in [0.15, 0.2) is 18.2 Å². The number of fused-ring (bicyclic) bond motifs is 2. The van der Waals surface area contributed by atoms with E-state index in [1.165, 1.54) is 4.88 Å². The summed E-state index contributed by atoms with van der Waals surface area (Å²) in [7, 11) is 0. The Kier molecular flexibility index (Phi) is 4.41. The minimum absolute atomic E-state index is 0.0980. The molecule has 0 bridgehead atoms. The molecule has 0 aliphatic carbocycles. The minimum atomic E-state index is -0.584. The van der Waals surface area contributed by atoms with Gasteiger partial charge in [0.25, 0.3) is 5.91 Å². The van der Waals surface area contributed by atoms with Crippen LogP contribution in [0.2, 0.25) is 0 Å². The van der Waals surface area contributed by atoms with Gasteiger partial charge in [-0.3, -0.25) is 19.7 Å². The first-order valence-corrected chi connectivity index (χ1v) is 10.9. The van der Waals surface area contributed by atoms with Crippen molar-refractivity contribution in [2.45, 2.75) is 57.9 Å². The van der Waals surface area contributed by atoms with E-state index < -0.39 is 6.04 Å². The fourth-order valence-electron chi connectivity index (χ4n) is 4.34. The van der Waals surface area contributed by atoms with Crippen LogP contribution in [0.4, 0.5) is 5.13 Å². The quantitative estimate of drug-likeness (QED) is 0.646. The molecule has 5 rings (SSSR count).